The maximum absolute atomic E-state index is 12.6. The average molecular weight is 401 g/mol. The third-order valence-electron chi connectivity index (χ3n) is 5.53. The third kappa shape index (κ3) is 5.39. The predicted molar refractivity (Wildman–Crippen MR) is 111 cm³/mol. The summed E-state index contributed by atoms with van der Waals surface area (Å²) in [6.45, 7) is 1.29. The Hall–Kier alpha value is -2.25. The number of nitrogens with one attached hydrogen (secondary N) is 1. The molecule has 1 aliphatic rings. The number of pyridine rings is 1. The Labute approximate surface area is 170 Å². The number of rotatable bonds is 8. The van der Waals surface area contributed by atoms with Gasteiger partial charge < -0.3 is 10.2 Å². The lowest BCUT2D eigenvalue weighted by Gasteiger charge is -2.27. The second kappa shape index (κ2) is 9.80. The Kier molecular flexibility index (Phi) is 7.17. The fourth-order valence-corrected chi connectivity index (χ4v) is 4.23. The largest absolute Gasteiger partial charge is 0.350 e. The van der Waals surface area contributed by atoms with Crippen molar-refractivity contribution in [3.05, 3.63) is 52.5 Å². The van der Waals surface area contributed by atoms with E-state index in [2.05, 4.69) is 22.2 Å². The molecule has 1 N–H and O–H groups in total. The van der Waals surface area contributed by atoms with Crippen LogP contribution in [0.4, 0.5) is 0 Å². The molecule has 2 amide bonds. The molecule has 2 aromatic rings. The molecule has 150 valence electrons. The summed E-state index contributed by atoms with van der Waals surface area (Å²) in [6.07, 6.45) is 5.04. The highest BCUT2D eigenvalue weighted by atomic mass is 32.1. The van der Waals surface area contributed by atoms with Crippen LogP contribution in [0.25, 0.3) is 0 Å². The number of likely N-dealkylation sites (tertiary alicyclic amines) is 1. The highest BCUT2D eigenvalue weighted by Gasteiger charge is 2.32. The van der Waals surface area contributed by atoms with E-state index in [0.717, 1.165) is 25.0 Å². The van der Waals surface area contributed by atoms with Crippen molar-refractivity contribution in [3.63, 3.8) is 0 Å². The molecule has 3 heterocycles. The van der Waals surface area contributed by atoms with Crippen molar-refractivity contribution in [2.45, 2.75) is 37.8 Å². The molecule has 3 rings (SSSR count). The first-order valence-electron chi connectivity index (χ1n) is 9.71. The van der Waals surface area contributed by atoms with Gasteiger partial charge in [-0.25, -0.2) is 0 Å². The van der Waals surface area contributed by atoms with Crippen molar-refractivity contribution < 1.29 is 9.59 Å². The van der Waals surface area contributed by atoms with Gasteiger partial charge >= 0.3 is 0 Å². The van der Waals surface area contributed by atoms with Gasteiger partial charge in [0.25, 0.3) is 5.91 Å². The molecule has 2 aromatic heterocycles. The van der Waals surface area contributed by atoms with E-state index in [0.29, 0.717) is 25.1 Å². The second-order valence-corrected chi connectivity index (χ2v) is 8.14. The first kappa shape index (κ1) is 20.5. The van der Waals surface area contributed by atoms with Gasteiger partial charge in [-0.1, -0.05) is 6.07 Å². The Morgan fingerprint density at radius 3 is 2.82 bits per heavy atom. The van der Waals surface area contributed by atoms with Crippen molar-refractivity contribution >= 4 is 23.2 Å². The smallest absolute Gasteiger partial charge is 0.252 e. The highest BCUT2D eigenvalue weighted by molar-refractivity contribution is 7.08. The molecule has 1 saturated heterocycles. The van der Waals surface area contributed by atoms with Crippen LogP contribution in [-0.2, 0) is 11.2 Å². The van der Waals surface area contributed by atoms with Crippen molar-refractivity contribution in [2.75, 3.05) is 27.2 Å². The van der Waals surface area contributed by atoms with Crippen molar-refractivity contribution in [1.82, 2.24) is 20.1 Å². The lowest BCUT2D eigenvalue weighted by molar-refractivity contribution is -0.131. The quantitative estimate of drug-likeness (QED) is 0.739. The van der Waals surface area contributed by atoms with E-state index in [4.69, 9.17) is 0 Å². The zero-order valence-corrected chi connectivity index (χ0v) is 17.3. The van der Waals surface area contributed by atoms with Gasteiger partial charge in [-0.3, -0.25) is 19.5 Å². The number of nitrogens with zero attached hydrogens (tertiary/aromatic N) is 3. The van der Waals surface area contributed by atoms with E-state index in [-0.39, 0.29) is 23.9 Å². The zero-order valence-electron chi connectivity index (χ0n) is 16.5. The van der Waals surface area contributed by atoms with Gasteiger partial charge in [0, 0.05) is 67.9 Å². The minimum Gasteiger partial charge on any atom is -0.350 e. The third-order valence-corrected chi connectivity index (χ3v) is 6.22. The van der Waals surface area contributed by atoms with Crippen LogP contribution >= 0.6 is 11.3 Å². The molecule has 0 spiro atoms. The van der Waals surface area contributed by atoms with Crippen molar-refractivity contribution in [2.24, 2.45) is 0 Å². The van der Waals surface area contributed by atoms with Crippen molar-refractivity contribution in [1.29, 1.82) is 0 Å². The average Bonchev–Trinajstić information content (AvgIpc) is 3.36. The molecule has 0 unspecified atom stereocenters. The summed E-state index contributed by atoms with van der Waals surface area (Å²) in [7, 11) is 3.92. The Bertz CT molecular complexity index is 766. The molecule has 0 radical (unpaired) electrons. The molecule has 28 heavy (non-hydrogen) atoms. The number of aromatic nitrogens is 1. The molecule has 0 aliphatic carbocycles. The maximum atomic E-state index is 12.6. The lowest BCUT2D eigenvalue weighted by Crippen LogP contribution is -2.42. The molecule has 0 aromatic carbocycles. The minimum atomic E-state index is -0.0246. The van der Waals surface area contributed by atoms with E-state index in [1.807, 2.05) is 42.1 Å². The Morgan fingerprint density at radius 1 is 1.29 bits per heavy atom. The van der Waals surface area contributed by atoms with Crippen LogP contribution in [0.3, 0.4) is 0 Å². The minimum absolute atomic E-state index is 0.0246. The van der Waals surface area contributed by atoms with Gasteiger partial charge in [-0.05, 0) is 43.5 Å². The molecule has 6 nitrogen and oxygen atoms in total. The van der Waals surface area contributed by atoms with Gasteiger partial charge in [0.05, 0.1) is 0 Å². The van der Waals surface area contributed by atoms with Crippen LogP contribution in [0, 0.1) is 0 Å². The Balaban J connectivity index is 1.41. The zero-order chi connectivity index (χ0) is 19.9. The van der Waals surface area contributed by atoms with Crippen LogP contribution in [0.2, 0.25) is 0 Å². The number of carbonyl (C=O) groups is 2. The summed E-state index contributed by atoms with van der Waals surface area (Å²) in [5.74, 6) is 0.138. The fourth-order valence-electron chi connectivity index (χ4n) is 3.60. The van der Waals surface area contributed by atoms with Crippen LogP contribution in [-0.4, -0.2) is 65.9 Å². The number of hydrogen-bond donors (Lipinski definition) is 1. The normalized spacial score (nSPS) is 19.5. The van der Waals surface area contributed by atoms with Gasteiger partial charge in [-0.15, -0.1) is 0 Å². The number of amides is 2. The standard InChI is InChI=1S/C21H28N4O2S/c1-24(11-8-17-5-3-4-10-22-17)20(26)13-18-6-7-19(25(18)2)14-23-21(27)16-9-12-28-15-16/h3-5,9-10,12,15,18-19H,6-8,11,13-14H2,1-2H3,(H,23,27)/t18-,19+/m1/s1. The second-order valence-electron chi connectivity index (χ2n) is 7.36. The Morgan fingerprint density at radius 2 is 2.11 bits per heavy atom. The molecule has 2 atom stereocenters. The summed E-state index contributed by atoms with van der Waals surface area (Å²) < 4.78 is 0. The molecule has 1 aliphatic heterocycles. The summed E-state index contributed by atoms with van der Waals surface area (Å²) in [5, 5.41) is 6.78. The van der Waals surface area contributed by atoms with E-state index in [1.165, 1.54) is 11.3 Å². The molecular formula is C21H28N4O2S. The van der Waals surface area contributed by atoms with E-state index in [1.54, 1.807) is 11.1 Å². The van der Waals surface area contributed by atoms with Gasteiger partial charge in [0.15, 0.2) is 0 Å². The highest BCUT2D eigenvalue weighted by Crippen LogP contribution is 2.24. The fraction of sp³-hybridized carbons (Fsp3) is 0.476. The predicted octanol–water partition coefficient (Wildman–Crippen LogP) is 2.43. The summed E-state index contributed by atoms with van der Waals surface area (Å²) >= 11 is 1.52. The van der Waals surface area contributed by atoms with Crippen molar-refractivity contribution in [3.8, 4) is 0 Å². The summed E-state index contributed by atoms with van der Waals surface area (Å²) in [5.41, 5.74) is 1.72. The van der Waals surface area contributed by atoms with Crippen LogP contribution in [0.1, 0.15) is 35.3 Å². The maximum Gasteiger partial charge on any atom is 0.252 e. The van der Waals surface area contributed by atoms with Crippen LogP contribution < -0.4 is 5.32 Å². The first-order valence-corrected chi connectivity index (χ1v) is 10.6. The first-order chi connectivity index (χ1) is 13.5. The van der Waals surface area contributed by atoms with Gasteiger partial charge in [0.2, 0.25) is 5.91 Å². The SMILES string of the molecule is CN(CCc1ccccn1)C(=O)C[C@H]1CC[C@@H](CNC(=O)c2ccsc2)N1C. The van der Waals surface area contributed by atoms with Crippen LogP contribution in [0.5, 0.6) is 0 Å². The number of hydrogen-bond acceptors (Lipinski definition) is 5. The molecule has 7 heteroatoms. The molecule has 0 bridgehead atoms. The van der Waals surface area contributed by atoms with E-state index < -0.39 is 0 Å². The van der Waals surface area contributed by atoms with E-state index in [9.17, 15) is 9.59 Å². The number of likely N-dealkylation sites (N-methyl/N-ethyl adjacent to an activating group) is 2. The summed E-state index contributed by atoms with van der Waals surface area (Å²) in [6, 6.07) is 8.19. The number of thiophene rings is 1. The topological polar surface area (TPSA) is 65.5 Å². The van der Waals surface area contributed by atoms with Gasteiger partial charge in [-0.2, -0.15) is 11.3 Å². The lowest BCUT2D eigenvalue weighted by atomic mass is 10.1. The molecular weight excluding hydrogens is 372 g/mol. The molecule has 1 fully saturated rings. The van der Waals surface area contributed by atoms with E-state index >= 15 is 0 Å². The number of carbonyl (C=O) groups excluding carboxylic acids is 2. The van der Waals surface area contributed by atoms with Crippen LogP contribution in [0.15, 0.2) is 41.2 Å². The summed E-state index contributed by atoms with van der Waals surface area (Å²) in [4.78, 5) is 33.1. The monoisotopic (exact) mass is 400 g/mol. The van der Waals surface area contributed by atoms with Gasteiger partial charge in [0.1, 0.15) is 0 Å². The molecule has 0 saturated carbocycles.